The van der Waals surface area contributed by atoms with Gasteiger partial charge in [-0.25, -0.2) is 0 Å². The minimum absolute atomic E-state index is 0.0591. The lowest BCUT2D eigenvalue weighted by Crippen LogP contribution is -1.96. The molecule has 2 rings (SSSR count). The molecule has 2 aromatic rings. The average Bonchev–Trinajstić information content (AvgIpc) is 2.49. The molecule has 21 heavy (non-hydrogen) atoms. The van der Waals surface area contributed by atoms with Crippen LogP contribution < -0.4 is 5.32 Å². The summed E-state index contributed by atoms with van der Waals surface area (Å²) in [6.07, 6.45) is 2.12. The number of anilines is 2. The van der Waals surface area contributed by atoms with Crippen LogP contribution in [0.1, 0.15) is 24.5 Å². The topological polar surface area (TPSA) is 79.0 Å². The molecule has 0 spiro atoms. The molecule has 0 unspecified atom stereocenters. The van der Waals surface area contributed by atoms with E-state index in [2.05, 4.69) is 12.2 Å². The van der Waals surface area contributed by atoms with Crippen LogP contribution in [0.15, 0.2) is 42.5 Å². The molecule has 0 saturated heterocycles. The Morgan fingerprint density at radius 2 is 1.86 bits per heavy atom. The molecule has 106 valence electrons. The Bertz CT molecular complexity index is 688. The first kappa shape index (κ1) is 14.5. The molecule has 0 amide bonds. The number of nitriles is 1. The van der Waals surface area contributed by atoms with Crippen molar-refractivity contribution in [1.82, 2.24) is 0 Å². The van der Waals surface area contributed by atoms with Gasteiger partial charge in [0.1, 0.15) is 11.6 Å². The molecule has 0 aliphatic rings. The zero-order valence-corrected chi connectivity index (χ0v) is 11.7. The van der Waals surface area contributed by atoms with Crippen molar-refractivity contribution in [3.05, 3.63) is 63.7 Å². The van der Waals surface area contributed by atoms with E-state index in [4.69, 9.17) is 5.26 Å². The number of rotatable bonds is 5. The monoisotopic (exact) mass is 281 g/mol. The minimum atomic E-state index is -0.548. The summed E-state index contributed by atoms with van der Waals surface area (Å²) in [5.74, 6) is 0. The van der Waals surface area contributed by atoms with E-state index in [0.717, 1.165) is 18.5 Å². The molecule has 0 saturated carbocycles. The summed E-state index contributed by atoms with van der Waals surface area (Å²) in [5.41, 5.74) is 2.57. The van der Waals surface area contributed by atoms with E-state index >= 15 is 0 Å². The molecule has 0 fully saturated rings. The Labute approximate surface area is 123 Å². The minimum Gasteiger partial charge on any atom is -0.355 e. The zero-order chi connectivity index (χ0) is 15.2. The molecule has 1 N–H and O–H groups in total. The van der Waals surface area contributed by atoms with Crippen LogP contribution in [0, 0.1) is 21.4 Å². The number of benzene rings is 2. The van der Waals surface area contributed by atoms with Crippen molar-refractivity contribution in [2.45, 2.75) is 19.8 Å². The lowest BCUT2D eigenvalue weighted by Gasteiger charge is -2.07. The number of nitro groups is 1. The molecule has 0 atom stereocenters. The first-order valence-corrected chi connectivity index (χ1v) is 6.68. The van der Waals surface area contributed by atoms with Gasteiger partial charge in [0.25, 0.3) is 5.69 Å². The highest BCUT2D eigenvalue weighted by molar-refractivity contribution is 5.65. The second kappa shape index (κ2) is 6.53. The van der Waals surface area contributed by atoms with Gasteiger partial charge in [-0.3, -0.25) is 10.1 Å². The second-order valence-electron chi connectivity index (χ2n) is 4.67. The van der Waals surface area contributed by atoms with Crippen LogP contribution in [0.3, 0.4) is 0 Å². The van der Waals surface area contributed by atoms with Crippen molar-refractivity contribution in [2.75, 3.05) is 5.32 Å². The summed E-state index contributed by atoms with van der Waals surface area (Å²) in [6.45, 7) is 2.13. The Hall–Kier alpha value is -2.87. The van der Waals surface area contributed by atoms with Gasteiger partial charge < -0.3 is 5.32 Å². The Morgan fingerprint density at radius 3 is 2.43 bits per heavy atom. The van der Waals surface area contributed by atoms with Crippen molar-refractivity contribution in [3.63, 3.8) is 0 Å². The van der Waals surface area contributed by atoms with Gasteiger partial charge in [-0.05, 0) is 36.2 Å². The van der Waals surface area contributed by atoms with Gasteiger partial charge >= 0.3 is 0 Å². The lowest BCUT2D eigenvalue weighted by molar-refractivity contribution is -0.385. The van der Waals surface area contributed by atoms with Gasteiger partial charge in [0.2, 0.25) is 0 Å². The molecule has 0 aromatic heterocycles. The molecule has 5 heteroatoms. The molecular formula is C16H15N3O2. The van der Waals surface area contributed by atoms with Crippen LogP contribution in [0.2, 0.25) is 0 Å². The fourth-order valence-corrected chi connectivity index (χ4v) is 2.07. The largest absolute Gasteiger partial charge is 0.355 e. The van der Waals surface area contributed by atoms with E-state index in [9.17, 15) is 10.1 Å². The average molecular weight is 281 g/mol. The Balaban J connectivity index is 2.21. The van der Waals surface area contributed by atoms with Crippen LogP contribution in [-0.2, 0) is 6.42 Å². The Kier molecular flexibility index (Phi) is 4.52. The normalized spacial score (nSPS) is 9.90. The van der Waals surface area contributed by atoms with Crippen LogP contribution >= 0.6 is 0 Å². The zero-order valence-electron chi connectivity index (χ0n) is 11.7. The molecule has 0 bridgehead atoms. The molecule has 2 aromatic carbocycles. The Morgan fingerprint density at radius 1 is 1.19 bits per heavy atom. The van der Waals surface area contributed by atoms with Crippen molar-refractivity contribution in [2.24, 2.45) is 0 Å². The van der Waals surface area contributed by atoms with Crippen molar-refractivity contribution in [3.8, 4) is 6.07 Å². The van der Waals surface area contributed by atoms with Crippen molar-refractivity contribution in [1.29, 1.82) is 5.26 Å². The maximum atomic E-state index is 10.9. The van der Waals surface area contributed by atoms with Crippen molar-refractivity contribution >= 4 is 17.1 Å². The number of hydrogen-bond acceptors (Lipinski definition) is 4. The molecule has 0 radical (unpaired) electrons. The van der Waals surface area contributed by atoms with E-state index in [-0.39, 0.29) is 11.3 Å². The predicted molar refractivity (Wildman–Crippen MR) is 81.5 cm³/mol. The third kappa shape index (κ3) is 3.57. The summed E-state index contributed by atoms with van der Waals surface area (Å²) in [7, 11) is 0. The molecular weight excluding hydrogens is 266 g/mol. The molecule has 0 aliphatic heterocycles. The number of nitrogens with zero attached hydrogens (tertiary/aromatic N) is 2. The van der Waals surface area contributed by atoms with Crippen LogP contribution in [-0.4, -0.2) is 4.92 Å². The van der Waals surface area contributed by atoms with Gasteiger partial charge in [-0.2, -0.15) is 5.26 Å². The highest BCUT2D eigenvalue weighted by Crippen LogP contribution is 2.25. The van der Waals surface area contributed by atoms with Crippen LogP contribution in [0.5, 0.6) is 0 Å². The maximum absolute atomic E-state index is 10.9. The summed E-state index contributed by atoms with van der Waals surface area (Å²) in [6, 6.07) is 14.2. The molecule has 0 aliphatic carbocycles. The van der Waals surface area contributed by atoms with E-state index < -0.39 is 4.92 Å². The van der Waals surface area contributed by atoms with E-state index in [1.54, 1.807) is 6.07 Å². The standard InChI is InChI=1S/C16H15N3O2/c1-2-3-12-4-7-14(8-5-12)18-15-9-6-13(11-17)16(10-15)19(20)21/h4-10,18H,2-3H2,1H3. The van der Waals surface area contributed by atoms with E-state index in [0.29, 0.717) is 5.69 Å². The number of nitro benzene ring substituents is 1. The highest BCUT2D eigenvalue weighted by atomic mass is 16.6. The first-order chi connectivity index (χ1) is 10.1. The highest BCUT2D eigenvalue weighted by Gasteiger charge is 2.14. The third-order valence-corrected chi connectivity index (χ3v) is 3.10. The maximum Gasteiger partial charge on any atom is 0.289 e. The van der Waals surface area contributed by atoms with Gasteiger partial charge in [-0.1, -0.05) is 25.5 Å². The van der Waals surface area contributed by atoms with Gasteiger partial charge in [-0.15, -0.1) is 0 Å². The predicted octanol–water partition coefficient (Wildman–Crippen LogP) is 4.16. The second-order valence-corrected chi connectivity index (χ2v) is 4.67. The summed E-state index contributed by atoms with van der Waals surface area (Å²) >= 11 is 0. The molecule has 0 heterocycles. The van der Waals surface area contributed by atoms with Crippen molar-refractivity contribution < 1.29 is 4.92 Å². The SMILES string of the molecule is CCCc1ccc(Nc2ccc(C#N)c([N+](=O)[O-])c2)cc1. The lowest BCUT2D eigenvalue weighted by atomic mass is 10.1. The third-order valence-electron chi connectivity index (χ3n) is 3.10. The number of aryl methyl sites for hydroxylation is 1. The first-order valence-electron chi connectivity index (χ1n) is 6.68. The fourth-order valence-electron chi connectivity index (χ4n) is 2.07. The molecule has 5 nitrogen and oxygen atoms in total. The number of hydrogen-bond donors (Lipinski definition) is 1. The van der Waals surface area contributed by atoms with Gasteiger partial charge in [0.05, 0.1) is 4.92 Å². The quantitative estimate of drug-likeness (QED) is 0.659. The van der Waals surface area contributed by atoms with Gasteiger partial charge in [0, 0.05) is 17.4 Å². The fraction of sp³-hybridized carbons (Fsp3) is 0.188. The number of nitrogens with one attached hydrogen (secondary N) is 1. The van der Waals surface area contributed by atoms with Crippen LogP contribution in [0.4, 0.5) is 17.1 Å². The van der Waals surface area contributed by atoms with Crippen LogP contribution in [0.25, 0.3) is 0 Å². The smallest absolute Gasteiger partial charge is 0.289 e. The van der Waals surface area contributed by atoms with Gasteiger partial charge in [0.15, 0.2) is 0 Å². The van der Waals surface area contributed by atoms with E-state index in [1.807, 2.05) is 30.3 Å². The summed E-state index contributed by atoms with van der Waals surface area (Å²) < 4.78 is 0. The summed E-state index contributed by atoms with van der Waals surface area (Å²) in [4.78, 5) is 10.4. The van der Waals surface area contributed by atoms with E-state index in [1.165, 1.54) is 17.7 Å². The summed E-state index contributed by atoms with van der Waals surface area (Å²) in [5, 5.41) is 22.9.